The van der Waals surface area contributed by atoms with E-state index in [0.29, 0.717) is 0 Å². The van der Waals surface area contributed by atoms with E-state index < -0.39 is 16.3 Å². The van der Waals surface area contributed by atoms with E-state index in [-0.39, 0.29) is 25.2 Å². The average Bonchev–Trinajstić information content (AvgIpc) is 2.94. The van der Waals surface area contributed by atoms with Crippen LogP contribution in [0.1, 0.15) is 26.7 Å². The van der Waals surface area contributed by atoms with Crippen LogP contribution in [0.4, 0.5) is 4.79 Å². The summed E-state index contributed by atoms with van der Waals surface area (Å²) < 4.78 is 31.5. The zero-order chi connectivity index (χ0) is 13.1. The van der Waals surface area contributed by atoms with E-state index in [1.807, 2.05) is 4.72 Å². The Kier molecular flexibility index (Phi) is 4.72. The van der Waals surface area contributed by atoms with Crippen molar-refractivity contribution in [2.45, 2.75) is 38.8 Å². The molecule has 0 aliphatic heterocycles. The number of nitrogens with zero attached hydrogens (tertiary/aromatic N) is 1. The Hall–Kier alpha value is -0.860. The van der Waals surface area contributed by atoms with Crippen molar-refractivity contribution >= 4 is 16.3 Å². The summed E-state index contributed by atoms with van der Waals surface area (Å²) >= 11 is 0. The van der Waals surface area contributed by atoms with Gasteiger partial charge < -0.3 is 10.5 Å². The Bertz CT molecular complexity index is 364. The maximum Gasteiger partial charge on any atom is 0.422 e. The van der Waals surface area contributed by atoms with Crippen LogP contribution >= 0.6 is 0 Å². The highest BCUT2D eigenvalue weighted by Gasteiger charge is 2.37. The molecule has 1 aliphatic carbocycles. The Morgan fingerprint density at radius 3 is 2.53 bits per heavy atom. The molecule has 1 saturated carbocycles. The lowest BCUT2D eigenvalue weighted by Crippen LogP contribution is -2.47. The minimum absolute atomic E-state index is 0.0390. The van der Waals surface area contributed by atoms with Crippen molar-refractivity contribution in [2.75, 3.05) is 13.1 Å². The highest BCUT2D eigenvalue weighted by Crippen LogP contribution is 2.28. The first-order chi connectivity index (χ1) is 7.86. The van der Waals surface area contributed by atoms with E-state index in [1.165, 1.54) is 4.31 Å². The molecule has 3 N–H and O–H groups in total. The lowest BCUT2D eigenvalue weighted by atomic mass is 10.5. The van der Waals surface area contributed by atoms with Crippen LogP contribution in [0.3, 0.4) is 0 Å². The van der Waals surface area contributed by atoms with Crippen molar-refractivity contribution in [3.05, 3.63) is 0 Å². The molecule has 1 fully saturated rings. The molecule has 0 unspecified atom stereocenters. The van der Waals surface area contributed by atoms with Crippen LogP contribution < -0.4 is 10.5 Å². The lowest BCUT2D eigenvalue weighted by Gasteiger charge is -2.21. The van der Waals surface area contributed by atoms with Gasteiger partial charge in [-0.15, -0.1) is 0 Å². The van der Waals surface area contributed by atoms with Crippen LogP contribution in [0, 0.1) is 0 Å². The van der Waals surface area contributed by atoms with Gasteiger partial charge in [0.05, 0.1) is 6.10 Å². The predicted molar refractivity (Wildman–Crippen MR) is 62.5 cm³/mol. The van der Waals surface area contributed by atoms with Crippen LogP contribution in [0.15, 0.2) is 0 Å². The standard InChI is InChI=1S/C9H19N3O4S/c1-7(2)16-9(13)11-17(14,15)12(6-5-10)8-3-4-8/h7-8H,3-6,10H2,1-2H3,(H,11,13). The van der Waals surface area contributed by atoms with Gasteiger partial charge in [0.2, 0.25) is 0 Å². The molecule has 0 saturated heterocycles. The minimum Gasteiger partial charge on any atom is -0.446 e. The topological polar surface area (TPSA) is 102 Å². The molecule has 0 spiro atoms. The fourth-order valence-electron chi connectivity index (χ4n) is 1.39. The minimum atomic E-state index is -3.84. The number of rotatable bonds is 6. The lowest BCUT2D eigenvalue weighted by molar-refractivity contribution is 0.121. The van der Waals surface area contributed by atoms with E-state index in [9.17, 15) is 13.2 Å². The molecule has 17 heavy (non-hydrogen) atoms. The van der Waals surface area contributed by atoms with Crippen LogP contribution in [0.25, 0.3) is 0 Å². The number of nitrogens with one attached hydrogen (secondary N) is 1. The van der Waals surface area contributed by atoms with Crippen molar-refractivity contribution in [3.8, 4) is 0 Å². The van der Waals surface area contributed by atoms with Gasteiger partial charge in [-0.05, 0) is 26.7 Å². The smallest absolute Gasteiger partial charge is 0.422 e. The summed E-state index contributed by atoms with van der Waals surface area (Å²) in [5, 5.41) is 0. The molecule has 0 heterocycles. The SMILES string of the molecule is CC(C)OC(=O)NS(=O)(=O)N(CCN)C1CC1. The Morgan fingerprint density at radius 2 is 2.12 bits per heavy atom. The van der Waals surface area contributed by atoms with E-state index in [1.54, 1.807) is 13.8 Å². The van der Waals surface area contributed by atoms with Crippen LogP contribution in [0.2, 0.25) is 0 Å². The molecule has 0 aromatic carbocycles. The molecule has 0 aromatic heterocycles. The molecule has 0 atom stereocenters. The number of ether oxygens (including phenoxy) is 1. The highest BCUT2D eigenvalue weighted by atomic mass is 32.2. The fraction of sp³-hybridized carbons (Fsp3) is 0.889. The number of nitrogens with two attached hydrogens (primary N) is 1. The van der Waals surface area contributed by atoms with Gasteiger partial charge in [-0.25, -0.2) is 9.52 Å². The molecular formula is C9H19N3O4S. The monoisotopic (exact) mass is 265 g/mol. The molecule has 8 heteroatoms. The first kappa shape index (κ1) is 14.2. The number of carbonyl (C=O) groups is 1. The van der Waals surface area contributed by atoms with Crippen molar-refractivity contribution in [1.82, 2.24) is 9.03 Å². The largest absolute Gasteiger partial charge is 0.446 e. The van der Waals surface area contributed by atoms with Crippen molar-refractivity contribution in [1.29, 1.82) is 0 Å². The summed E-state index contributed by atoms with van der Waals surface area (Å²) in [6.07, 6.45) is 0.289. The Balaban J connectivity index is 2.62. The van der Waals surface area contributed by atoms with Crippen molar-refractivity contribution in [2.24, 2.45) is 5.73 Å². The molecule has 1 aliphatic rings. The normalized spacial score (nSPS) is 16.3. The second-order valence-corrected chi connectivity index (χ2v) is 5.82. The van der Waals surface area contributed by atoms with Gasteiger partial charge in [-0.2, -0.15) is 12.7 Å². The third-order valence-corrected chi connectivity index (χ3v) is 3.69. The van der Waals surface area contributed by atoms with Gasteiger partial charge in [-0.3, -0.25) is 0 Å². The fourth-order valence-corrected chi connectivity index (χ4v) is 2.72. The first-order valence-electron chi connectivity index (χ1n) is 5.57. The molecule has 0 bridgehead atoms. The number of carbonyl (C=O) groups excluding carboxylic acids is 1. The van der Waals surface area contributed by atoms with Crippen molar-refractivity contribution in [3.63, 3.8) is 0 Å². The maximum absolute atomic E-state index is 11.9. The first-order valence-corrected chi connectivity index (χ1v) is 7.01. The van der Waals surface area contributed by atoms with Crippen LogP contribution in [-0.2, 0) is 14.9 Å². The van der Waals surface area contributed by atoms with Gasteiger partial charge in [0.15, 0.2) is 0 Å². The van der Waals surface area contributed by atoms with E-state index in [4.69, 9.17) is 10.5 Å². The second kappa shape index (κ2) is 5.65. The van der Waals surface area contributed by atoms with E-state index >= 15 is 0 Å². The zero-order valence-corrected chi connectivity index (χ0v) is 10.9. The van der Waals surface area contributed by atoms with E-state index in [2.05, 4.69) is 0 Å². The maximum atomic E-state index is 11.9. The third kappa shape index (κ3) is 4.49. The Morgan fingerprint density at radius 1 is 1.53 bits per heavy atom. The predicted octanol–water partition coefficient (Wildman–Crippen LogP) is -0.211. The molecule has 1 amide bonds. The molecule has 7 nitrogen and oxygen atoms in total. The summed E-state index contributed by atoms with van der Waals surface area (Å²) in [6.45, 7) is 3.71. The van der Waals surface area contributed by atoms with Crippen LogP contribution in [0.5, 0.6) is 0 Å². The summed E-state index contributed by atoms with van der Waals surface area (Å²) in [6, 6.07) is -0.0390. The molecule has 1 rings (SSSR count). The van der Waals surface area contributed by atoms with Gasteiger partial charge in [-0.1, -0.05) is 0 Å². The molecular weight excluding hydrogens is 246 g/mol. The van der Waals surface area contributed by atoms with Crippen LogP contribution in [-0.4, -0.2) is 44.1 Å². The summed E-state index contributed by atoms with van der Waals surface area (Å²) in [5.74, 6) is 0. The quantitative estimate of drug-likeness (QED) is 0.692. The summed E-state index contributed by atoms with van der Waals surface area (Å²) in [5.41, 5.74) is 5.35. The molecule has 0 aromatic rings. The number of hydrogen-bond acceptors (Lipinski definition) is 5. The van der Waals surface area contributed by atoms with E-state index in [0.717, 1.165) is 12.8 Å². The van der Waals surface area contributed by atoms with Gasteiger partial charge in [0, 0.05) is 19.1 Å². The number of amides is 1. The third-order valence-electron chi connectivity index (χ3n) is 2.17. The zero-order valence-electron chi connectivity index (χ0n) is 10.0. The Labute approximate surface area is 101 Å². The second-order valence-electron chi connectivity index (χ2n) is 4.19. The van der Waals surface area contributed by atoms with Crippen molar-refractivity contribution < 1.29 is 17.9 Å². The molecule has 0 radical (unpaired) electrons. The number of hydrogen-bond donors (Lipinski definition) is 2. The van der Waals surface area contributed by atoms with Gasteiger partial charge in [0.1, 0.15) is 0 Å². The van der Waals surface area contributed by atoms with Gasteiger partial charge in [0.25, 0.3) is 0 Å². The summed E-state index contributed by atoms with van der Waals surface area (Å²) in [4.78, 5) is 11.3. The molecule has 100 valence electrons. The highest BCUT2D eigenvalue weighted by molar-refractivity contribution is 7.87. The average molecular weight is 265 g/mol. The van der Waals surface area contributed by atoms with Gasteiger partial charge >= 0.3 is 16.3 Å². The summed E-state index contributed by atoms with van der Waals surface area (Å²) in [7, 11) is -3.84.